The number of esters is 1. The molecule has 0 radical (unpaired) electrons. The third kappa shape index (κ3) is 4.82. The van der Waals surface area contributed by atoms with Gasteiger partial charge in [0.25, 0.3) is 0 Å². The van der Waals surface area contributed by atoms with Gasteiger partial charge in [0.05, 0.1) is 28.9 Å². The fraction of sp³-hybridized carbons (Fsp3) is 0.474. The van der Waals surface area contributed by atoms with Crippen LogP contribution in [0.4, 0.5) is 0 Å². The van der Waals surface area contributed by atoms with Gasteiger partial charge in [-0.1, -0.05) is 23.4 Å². The molecule has 1 fully saturated rings. The number of halogens is 2. The van der Waals surface area contributed by atoms with Crippen LogP contribution in [-0.2, 0) is 19.0 Å². The molecule has 144 valence electrons. The van der Waals surface area contributed by atoms with Crippen molar-refractivity contribution in [3.8, 4) is 11.8 Å². The Bertz CT molecular complexity index is 881. The average Bonchev–Trinajstić information content (AvgIpc) is 3.08. The van der Waals surface area contributed by atoms with E-state index in [1.807, 2.05) is 10.7 Å². The van der Waals surface area contributed by atoms with E-state index in [2.05, 4.69) is 32.9 Å². The number of carbonyl (C=O) groups excluding carboxylic acids is 1. The number of fused-ring (bicyclic) bond motifs is 1. The van der Waals surface area contributed by atoms with Crippen LogP contribution in [0, 0.1) is 11.8 Å². The molecular weight excluding hydrogens is 436 g/mol. The fourth-order valence-electron chi connectivity index (χ4n) is 2.89. The zero-order valence-corrected chi connectivity index (χ0v) is 17.3. The van der Waals surface area contributed by atoms with E-state index in [9.17, 15) is 4.79 Å². The van der Waals surface area contributed by atoms with E-state index < -0.39 is 5.97 Å². The summed E-state index contributed by atoms with van der Waals surface area (Å²) >= 11 is 10.0. The van der Waals surface area contributed by atoms with Crippen molar-refractivity contribution in [3.63, 3.8) is 0 Å². The van der Waals surface area contributed by atoms with Crippen LogP contribution in [0.1, 0.15) is 38.0 Å². The molecule has 8 heteroatoms. The molecule has 1 unspecified atom stereocenters. The average molecular weight is 456 g/mol. The molecule has 0 amide bonds. The zero-order chi connectivity index (χ0) is 19.2. The largest absolute Gasteiger partial charge is 0.464 e. The van der Waals surface area contributed by atoms with Gasteiger partial charge in [0.15, 0.2) is 6.23 Å². The lowest BCUT2D eigenvalue weighted by molar-refractivity contribution is -0.147. The maximum Gasteiger partial charge on any atom is 0.332 e. The molecule has 0 N–H and O–H groups in total. The Morgan fingerprint density at radius 1 is 1.52 bits per heavy atom. The van der Waals surface area contributed by atoms with Crippen LogP contribution in [0.25, 0.3) is 10.9 Å². The highest BCUT2D eigenvalue weighted by atomic mass is 79.9. The van der Waals surface area contributed by atoms with Gasteiger partial charge in [-0.2, -0.15) is 5.10 Å². The van der Waals surface area contributed by atoms with Gasteiger partial charge in [-0.15, -0.1) is 0 Å². The monoisotopic (exact) mass is 454 g/mol. The Balaban J connectivity index is 1.76. The topological polar surface area (TPSA) is 62.6 Å². The molecule has 1 saturated heterocycles. The van der Waals surface area contributed by atoms with Gasteiger partial charge < -0.3 is 14.2 Å². The Labute approximate surface area is 171 Å². The summed E-state index contributed by atoms with van der Waals surface area (Å²) < 4.78 is 18.5. The molecule has 1 aromatic heterocycles. The summed E-state index contributed by atoms with van der Waals surface area (Å²) in [6, 6.07) is 1.86. The number of benzene rings is 1. The van der Waals surface area contributed by atoms with Crippen LogP contribution in [0.3, 0.4) is 0 Å². The molecule has 0 saturated carbocycles. The van der Waals surface area contributed by atoms with Gasteiger partial charge in [0.2, 0.25) is 0 Å². The number of hydrogen-bond acceptors (Lipinski definition) is 5. The van der Waals surface area contributed by atoms with Crippen LogP contribution >= 0.6 is 27.5 Å². The lowest BCUT2D eigenvalue weighted by Gasteiger charge is -2.23. The maximum atomic E-state index is 11.2. The highest BCUT2D eigenvalue weighted by molar-refractivity contribution is 9.10. The molecule has 0 bridgehead atoms. The predicted octanol–water partition coefficient (Wildman–Crippen LogP) is 4.08. The highest BCUT2D eigenvalue weighted by Crippen LogP contribution is 2.35. The van der Waals surface area contributed by atoms with Crippen molar-refractivity contribution in [1.29, 1.82) is 0 Å². The van der Waals surface area contributed by atoms with E-state index in [1.165, 1.54) is 0 Å². The minimum absolute atomic E-state index is 0.0626. The van der Waals surface area contributed by atoms with Crippen molar-refractivity contribution in [2.45, 2.75) is 32.4 Å². The molecule has 0 spiro atoms. The molecule has 3 rings (SSSR count). The van der Waals surface area contributed by atoms with Crippen molar-refractivity contribution in [1.82, 2.24) is 9.78 Å². The van der Waals surface area contributed by atoms with Gasteiger partial charge in [-0.05, 0) is 48.2 Å². The molecule has 27 heavy (non-hydrogen) atoms. The van der Waals surface area contributed by atoms with Crippen LogP contribution < -0.4 is 0 Å². The second-order valence-electron chi connectivity index (χ2n) is 5.99. The van der Waals surface area contributed by atoms with Crippen molar-refractivity contribution < 1.29 is 19.0 Å². The van der Waals surface area contributed by atoms with E-state index in [0.717, 1.165) is 41.2 Å². The third-order valence-corrected chi connectivity index (χ3v) is 5.26. The zero-order valence-electron chi connectivity index (χ0n) is 15.0. The Hall–Kier alpha value is -1.59. The first-order chi connectivity index (χ1) is 13.1. The predicted molar refractivity (Wildman–Crippen MR) is 106 cm³/mol. The number of rotatable bonds is 5. The van der Waals surface area contributed by atoms with Crippen LogP contribution in [-0.4, -0.2) is 42.2 Å². The van der Waals surface area contributed by atoms with Gasteiger partial charge in [0.1, 0.15) is 13.2 Å². The molecular formula is C19H20BrClN2O4. The van der Waals surface area contributed by atoms with Crippen molar-refractivity contribution in [2.24, 2.45) is 0 Å². The van der Waals surface area contributed by atoms with E-state index >= 15 is 0 Å². The Morgan fingerprint density at radius 2 is 2.37 bits per heavy atom. The number of carbonyl (C=O) groups is 1. The Morgan fingerprint density at radius 3 is 3.11 bits per heavy atom. The molecule has 6 nitrogen and oxygen atoms in total. The van der Waals surface area contributed by atoms with E-state index in [1.54, 1.807) is 13.1 Å². The summed E-state index contributed by atoms with van der Waals surface area (Å²) in [6.45, 7) is 2.81. The maximum absolute atomic E-state index is 11.2. The minimum Gasteiger partial charge on any atom is -0.464 e. The molecule has 1 atom stereocenters. The van der Waals surface area contributed by atoms with E-state index in [4.69, 9.17) is 25.8 Å². The van der Waals surface area contributed by atoms with Crippen LogP contribution in [0.5, 0.6) is 0 Å². The highest BCUT2D eigenvalue weighted by Gasteiger charge is 2.21. The SMILES string of the molecule is CCOC(=O)COCC#Cc1c(Cl)cc2c(cnn2C2CCCCO2)c1Br. The summed E-state index contributed by atoms with van der Waals surface area (Å²) in [5, 5.41) is 5.93. The molecule has 1 aromatic carbocycles. The summed E-state index contributed by atoms with van der Waals surface area (Å²) in [7, 11) is 0. The molecule has 2 aromatic rings. The fourth-order valence-corrected chi connectivity index (χ4v) is 3.87. The van der Waals surface area contributed by atoms with E-state index in [0.29, 0.717) is 17.2 Å². The lowest BCUT2D eigenvalue weighted by atomic mass is 10.1. The smallest absolute Gasteiger partial charge is 0.332 e. The summed E-state index contributed by atoms with van der Waals surface area (Å²) in [4.78, 5) is 11.2. The molecule has 1 aliphatic rings. The standard InChI is InChI=1S/C19H20BrClN2O4/c1-2-26-18(24)12-25-8-5-6-13-15(21)10-16-14(19(13)20)11-22-23(16)17-7-3-4-9-27-17/h10-11,17H,2-4,7-9,12H2,1H3. The van der Waals surface area contributed by atoms with Crippen molar-refractivity contribution in [2.75, 3.05) is 26.4 Å². The van der Waals surface area contributed by atoms with Crippen molar-refractivity contribution >= 4 is 44.4 Å². The first-order valence-corrected chi connectivity index (χ1v) is 9.98. The second-order valence-corrected chi connectivity index (χ2v) is 7.19. The molecule has 0 aliphatic carbocycles. The van der Waals surface area contributed by atoms with Gasteiger partial charge in [-0.25, -0.2) is 9.48 Å². The minimum atomic E-state index is -0.405. The number of ether oxygens (including phenoxy) is 3. The van der Waals surface area contributed by atoms with Crippen LogP contribution in [0.2, 0.25) is 5.02 Å². The summed E-state index contributed by atoms with van der Waals surface area (Å²) in [5.74, 6) is 5.46. The summed E-state index contributed by atoms with van der Waals surface area (Å²) in [5.41, 5.74) is 1.57. The Kier molecular flexibility index (Phi) is 7.13. The van der Waals surface area contributed by atoms with Gasteiger partial charge in [-0.3, -0.25) is 0 Å². The van der Waals surface area contributed by atoms with Gasteiger partial charge >= 0.3 is 5.97 Å². The first kappa shape index (κ1) is 20.2. The van der Waals surface area contributed by atoms with Crippen LogP contribution in [0.15, 0.2) is 16.7 Å². The third-order valence-electron chi connectivity index (χ3n) is 4.13. The quantitative estimate of drug-likeness (QED) is 0.386. The molecule has 2 heterocycles. The van der Waals surface area contributed by atoms with Crippen molar-refractivity contribution in [3.05, 3.63) is 27.3 Å². The lowest BCUT2D eigenvalue weighted by Crippen LogP contribution is -2.18. The van der Waals surface area contributed by atoms with E-state index in [-0.39, 0.29) is 19.4 Å². The number of aromatic nitrogens is 2. The normalized spacial score (nSPS) is 16.8. The number of nitrogens with zero attached hydrogens (tertiary/aromatic N) is 2. The summed E-state index contributed by atoms with van der Waals surface area (Å²) in [6.07, 6.45) is 4.86. The first-order valence-electron chi connectivity index (χ1n) is 8.81. The molecule has 1 aliphatic heterocycles. The van der Waals surface area contributed by atoms with Gasteiger partial charge in [0, 0.05) is 16.5 Å². The number of hydrogen-bond donors (Lipinski definition) is 0. The second kappa shape index (κ2) is 9.56.